The Morgan fingerprint density at radius 2 is 1.86 bits per heavy atom. The fourth-order valence-corrected chi connectivity index (χ4v) is 1.76. The lowest BCUT2D eigenvalue weighted by Gasteiger charge is -2.23. The molecule has 1 aromatic carbocycles. The molecule has 0 saturated carbocycles. The molecule has 124 valence electrons. The van der Waals surface area contributed by atoms with Crippen LogP contribution < -0.4 is 4.74 Å². The number of hydrogen-bond donors (Lipinski definition) is 0. The van der Waals surface area contributed by atoms with Crippen molar-refractivity contribution in [1.29, 1.82) is 0 Å². The predicted octanol–water partition coefficient (Wildman–Crippen LogP) is 4.47. The summed E-state index contributed by atoms with van der Waals surface area (Å²) < 4.78 is 79.3. The van der Waals surface area contributed by atoms with Gasteiger partial charge in [0, 0.05) is 6.07 Å². The third-order valence-corrected chi connectivity index (χ3v) is 2.89. The maximum Gasteiger partial charge on any atom is 0.425 e. The third-order valence-electron chi connectivity index (χ3n) is 2.59. The van der Waals surface area contributed by atoms with Crippen molar-refractivity contribution in [3.63, 3.8) is 0 Å². The molecule has 0 amide bonds. The summed E-state index contributed by atoms with van der Waals surface area (Å²) in [6, 6.07) is 1.92. The maximum absolute atomic E-state index is 13.1. The molecule has 1 unspecified atom stereocenters. The second-order valence-electron chi connectivity index (χ2n) is 4.23. The number of alkyl halides is 6. The fraction of sp³-hybridized carbons (Fsp3) is 0.455. The molecule has 1 atom stereocenters. The van der Waals surface area contributed by atoms with Crippen LogP contribution in [0.5, 0.6) is 5.75 Å². The first-order valence-electron chi connectivity index (χ1n) is 5.53. The van der Waals surface area contributed by atoms with Crippen molar-refractivity contribution in [3.8, 4) is 5.75 Å². The Labute approximate surface area is 124 Å². The van der Waals surface area contributed by atoms with Crippen molar-refractivity contribution in [3.05, 3.63) is 32.8 Å². The number of nitro benzene ring substituents is 1. The van der Waals surface area contributed by atoms with Gasteiger partial charge in [0.25, 0.3) is 11.9 Å². The number of benzene rings is 1. The molecular formula is C11H8ClF6NO3. The van der Waals surface area contributed by atoms with Gasteiger partial charge in [0.05, 0.1) is 15.5 Å². The molecule has 22 heavy (non-hydrogen) atoms. The molecule has 0 aromatic heterocycles. The van der Waals surface area contributed by atoms with Crippen LogP contribution in [0.15, 0.2) is 12.1 Å². The summed E-state index contributed by atoms with van der Waals surface area (Å²) in [5, 5.41) is 10.3. The highest BCUT2D eigenvalue weighted by Gasteiger charge is 2.57. The van der Waals surface area contributed by atoms with E-state index in [4.69, 9.17) is 11.6 Å². The van der Waals surface area contributed by atoms with E-state index in [-0.39, 0.29) is 10.6 Å². The zero-order valence-corrected chi connectivity index (χ0v) is 11.5. The number of ether oxygens (including phenoxy) is 1. The highest BCUT2D eigenvalue weighted by molar-refractivity contribution is 6.32. The number of nitrogens with zero attached hydrogens (tertiary/aromatic N) is 1. The molecular weight excluding hydrogens is 344 g/mol. The molecule has 0 aliphatic rings. The molecule has 1 aromatic rings. The van der Waals surface area contributed by atoms with E-state index in [1.165, 1.54) is 0 Å². The molecule has 0 saturated heterocycles. The molecule has 11 heteroatoms. The van der Waals surface area contributed by atoms with Crippen molar-refractivity contribution >= 4 is 17.3 Å². The molecule has 0 radical (unpaired) electrons. The molecule has 4 nitrogen and oxygen atoms in total. The van der Waals surface area contributed by atoms with Crippen molar-refractivity contribution < 1.29 is 36.0 Å². The van der Waals surface area contributed by atoms with Gasteiger partial charge in [-0.1, -0.05) is 11.6 Å². The quantitative estimate of drug-likeness (QED) is 0.447. The van der Waals surface area contributed by atoms with E-state index in [0.29, 0.717) is 0 Å². The molecule has 0 heterocycles. The first-order chi connectivity index (χ1) is 9.88. The van der Waals surface area contributed by atoms with Gasteiger partial charge < -0.3 is 4.74 Å². The van der Waals surface area contributed by atoms with Crippen molar-refractivity contribution in [2.45, 2.75) is 25.2 Å². The van der Waals surface area contributed by atoms with Crippen molar-refractivity contribution in [1.82, 2.24) is 0 Å². The molecule has 0 aliphatic heterocycles. The molecule has 0 aliphatic carbocycles. The van der Waals surface area contributed by atoms with Crippen LogP contribution in [0.25, 0.3) is 0 Å². The van der Waals surface area contributed by atoms with Gasteiger partial charge in [-0.25, -0.2) is 4.39 Å². The second-order valence-corrected chi connectivity index (χ2v) is 4.64. The topological polar surface area (TPSA) is 52.4 Å². The minimum atomic E-state index is -5.77. The lowest BCUT2D eigenvalue weighted by atomic mass is 10.1. The van der Waals surface area contributed by atoms with Gasteiger partial charge in [0.2, 0.25) is 0 Å². The van der Waals surface area contributed by atoms with Crippen LogP contribution in [0, 0.1) is 17.0 Å². The number of hydrogen-bond acceptors (Lipinski definition) is 3. The van der Waals surface area contributed by atoms with E-state index in [0.717, 1.165) is 19.1 Å². The van der Waals surface area contributed by atoms with Crippen LogP contribution in [0.4, 0.5) is 32.0 Å². The monoisotopic (exact) mass is 351 g/mol. The zero-order valence-electron chi connectivity index (χ0n) is 10.8. The highest BCUT2D eigenvalue weighted by atomic mass is 35.5. The van der Waals surface area contributed by atoms with Gasteiger partial charge in [-0.2, -0.15) is 22.0 Å². The summed E-state index contributed by atoms with van der Waals surface area (Å²) >= 11 is 5.60. The van der Waals surface area contributed by atoms with Crippen LogP contribution in [0.3, 0.4) is 0 Å². The Balaban J connectivity index is 3.02. The summed E-state index contributed by atoms with van der Waals surface area (Å²) in [5.41, 5.74) is -0.800. The summed E-state index contributed by atoms with van der Waals surface area (Å²) in [6.07, 6.45) is -10.2. The number of nitro groups is 1. The third kappa shape index (κ3) is 3.93. The average molecular weight is 352 g/mol. The van der Waals surface area contributed by atoms with Gasteiger partial charge in [-0.3, -0.25) is 10.1 Å². The molecule has 0 spiro atoms. The van der Waals surface area contributed by atoms with Crippen LogP contribution >= 0.6 is 11.6 Å². The van der Waals surface area contributed by atoms with Crippen LogP contribution in [-0.2, 0) is 0 Å². The minimum absolute atomic E-state index is 0.268. The van der Waals surface area contributed by atoms with Crippen molar-refractivity contribution in [2.24, 2.45) is 0 Å². The van der Waals surface area contributed by atoms with Gasteiger partial charge in [0.1, 0.15) is 5.75 Å². The molecule has 0 N–H and O–H groups in total. The Morgan fingerprint density at radius 3 is 2.32 bits per heavy atom. The number of rotatable bonds is 5. The van der Waals surface area contributed by atoms with Crippen LogP contribution in [0.2, 0.25) is 5.02 Å². The summed E-state index contributed by atoms with van der Waals surface area (Å²) in [4.78, 5) is 9.82. The van der Waals surface area contributed by atoms with E-state index in [9.17, 15) is 36.5 Å². The van der Waals surface area contributed by atoms with E-state index in [2.05, 4.69) is 4.74 Å². The Kier molecular flexibility index (Phi) is 5.16. The Morgan fingerprint density at radius 1 is 1.32 bits per heavy atom. The lowest BCUT2D eigenvalue weighted by molar-refractivity contribution is -0.385. The average Bonchev–Trinajstić information content (AvgIpc) is 2.35. The first-order valence-corrected chi connectivity index (χ1v) is 5.90. The summed E-state index contributed by atoms with van der Waals surface area (Å²) in [6.45, 7) is -0.871. The second kappa shape index (κ2) is 6.19. The summed E-state index contributed by atoms with van der Waals surface area (Å²) in [5.74, 6) is -5.48. The Bertz CT molecular complexity index is 578. The molecule has 0 bridgehead atoms. The predicted molar refractivity (Wildman–Crippen MR) is 64.2 cm³/mol. The SMILES string of the molecule is Cc1c([N+](=O)[O-])ccc(Cl)c1OCC(F)(F)C(F)C(F)(F)F. The highest BCUT2D eigenvalue weighted by Crippen LogP contribution is 2.38. The van der Waals surface area contributed by atoms with Crippen LogP contribution in [-0.4, -0.2) is 29.8 Å². The van der Waals surface area contributed by atoms with Gasteiger partial charge in [0.15, 0.2) is 6.61 Å². The van der Waals surface area contributed by atoms with E-state index < -0.39 is 41.2 Å². The van der Waals surface area contributed by atoms with Crippen LogP contribution in [0.1, 0.15) is 5.56 Å². The lowest BCUT2D eigenvalue weighted by Crippen LogP contribution is -2.45. The summed E-state index contributed by atoms with van der Waals surface area (Å²) in [7, 11) is 0. The minimum Gasteiger partial charge on any atom is -0.485 e. The largest absolute Gasteiger partial charge is 0.485 e. The van der Waals surface area contributed by atoms with E-state index in [1.54, 1.807) is 0 Å². The fourth-order valence-electron chi connectivity index (χ4n) is 1.50. The Hall–Kier alpha value is -1.71. The standard InChI is InChI=1S/C11H8ClF6NO3/c1-5-7(19(20)21)3-2-6(12)8(5)22-4-10(14,15)9(13)11(16,17)18/h2-3,9H,4H2,1H3. The van der Waals surface area contributed by atoms with E-state index >= 15 is 0 Å². The van der Waals surface area contributed by atoms with Gasteiger partial charge in [-0.05, 0) is 13.0 Å². The normalized spacial score (nSPS) is 13.8. The van der Waals surface area contributed by atoms with Gasteiger partial charge >= 0.3 is 12.1 Å². The molecule has 0 fully saturated rings. The smallest absolute Gasteiger partial charge is 0.425 e. The van der Waals surface area contributed by atoms with Crippen molar-refractivity contribution in [2.75, 3.05) is 6.61 Å². The first kappa shape index (κ1) is 18.3. The molecule has 1 rings (SSSR count). The maximum atomic E-state index is 13.1. The van der Waals surface area contributed by atoms with Gasteiger partial charge in [-0.15, -0.1) is 0 Å². The van der Waals surface area contributed by atoms with E-state index in [1.807, 2.05) is 0 Å². The zero-order chi connectivity index (χ0) is 17.3. The number of halogens is 7.